The van der Waals surface area contributed by atoms with Crippen molar-refractivity contribution >= 4 is 23.3 Å². The van der Waals surface area contributed by atoms with Crippen molar-refractivity contribution in [3.8, 4) is 0 Å². The first-order valence-electron chi connectivity index (χ1n) is 6.97. The zero-order valence-electron chi connectivity index (χ0n) is 11.8. The Labute approximate surface area is 129 Å². The second-order valence-corrected chi connectivity index (χ2v) is 5.90. The first-order valence-corrected chi connectivity index (χ1v) is 8.13. The third kappa shape index (κ3) is 5.56. The van der Waals surface area contributed by atoms with Crippen LogP contribution in [0.25, 0.3) is 0 Å². The predicted octanol–water partition coefficient (Wildman–Crippen LogP) is 4.15. The summed E-state index contributed by atoms with van der Waals surface area (Å²) in [5.74, 6) is 1.59. The molecule has 3 heteroatoms. The van der Waals surface area contributed by atoms with Crippen LogP contribution in [0.15, 0.2) is 60.7 Å². The maximum atomic E-state index is 11.9. The fourth-order valence-electron chi connectivity index (χ4n) is 1.94. The first kappa shape index (κ1) is 15.5. The molecule has 0 aliphatic heterocycles. The van der Waals surface area contributed by atoms with Gasteiger partial charge in [-0.1, -0.05) is 60.7 Å². The summed E-state index contributed by atoms with van der Waals surface area (Å²) < 4.78 is 0. The average molecular weight is 298 g/mol. The van der Waals surface area contributed by atoms with Crippen LogP contribution >= 0.6 is 11.8 Å². The molecule has 0 N–H and O–H groups in total. The summed E-state index contributed by atoms with van der Waals surface area (Å²) >= 11 is 1.73. The van der Waals surface area contributed by atoms with Gasteiger partial charge < -0.3 is 0 Å². The number of hydrogen-bond donors (Lipinski definition) is 0. The van der Waals surface area contributed by atoms with E-state index < -0.39 is 0 Å². The van der Waals surface area contributed by atoms with Crippen molar-refractivity contribution in [2.75, 3.05) is 5.75 Å². The van der Waals surface area contributed by atoms with E-state index in [1.807, 2.05) is 36.4 Å². The summed E-state index contributed by atoms with van der Waals surface area (Å²) in [4.78, 5) is 23.7. The minimum Gasteiger partial charge on any atom is -0.299 e. The van der Waals surface area contributed by atoms with Crippen molar-refractivity contribution in [2.45, 2.75) is 18.6 Å². The van der Waals surface area contributed by atoms with Gasteiger partial charge in [0.1, 0.15) is 5.78 Å². The summed E-state index contributed by atoms with van der Waals surface area (Å²) in [5.41, 5.74) is 1.87. The Kier molecular flexibility index (Phi) is 6.22. The van der Waals surface area contributed by atoms with Crippen molar-refractivity contribution in [1.82, 2.24) is 0 Å². The quantitative estimate of drug-likeness (QED) is 0.417. The van der Waals surface area contributed by atoms with Gasteiger partial charge in [0.25, 0.3) is 0 Å². The standard InChI is InChI=1S/C18H18O2S/c19-17(13-18(20)16-9-5-2-6-10-16)11-12-21-14-15-7-3-1-4-8-15/h1-10H,11-14H2. The summed E-state index contributed by atoms with van der Waals surface area (Å²) in [7, 11) is 0. The molecule has 0 spiro atoms. The summed E-state index contributed by atoms with van der Waals surface area (Å²) in [6, 6.07) is 19.2. The molecule has 0 bridgehead atoms. The third-order valence-electron chi connectivity index (χ3n) is 3.09. The van der Waals surface area contributed by atoms with E-state index in [1.165, 1.54) is 5.56 Å². The second kappa shape index (κ2) is 8.42. The maximum absolute atomic E-state index is 11.9. The van der Waals surface area contributed by atoms with Gasteiger partial charge in [0, 0.05) is 23.5 Å². The molecule has 2 aromatic carbocycles. The smallest absolute Gasteiger partial charge is 0.170 e. The number of carbonyl (C=O) groups excluding carboxylic acids is 2. The van der Waals surface area contributed by atoms with Crippen LogP contribution in [0, 0.1) is 0 Å². The third-order valence-corrected chi connectivity index (χ3v) is 4.12. The van der Waals surface area contributed by atoms with Gasteiger partial charge in [0.2, 0.25) is 0 Å². The Morgan fingerprint density at radius 1 is 0.857 bits per heavy atom. The van der Waals surface area contributed by atoms with Crippen LogP contribution in [0.1, 0.15) is 28.8 Å². The van der Waals surface area contributed by atoms with Crippen LogP contribution in [-0.4, -0.2) is 17.3 Å². The normalized spacial score (nSPS) is 10.3. The van der Waals surface area contributed by atoms with Crippen LogP contribution < -0.4 is 0 Å². The fraction of sp³-hybridized carbons (Fsp3) is 0.222. The number of benzene rings is 2. The fourth-order valence-corrected chi connectivity index (χ4v) is 2.89. The van der Waals surface area contributed by atoms with E-state index in [2.05, 4.69) is 12.1 Å². The number of Topliss-reactive ketones (excluding diaryl/α,β-unsaturated/α-hetero) is 2. The van der Waals surface area contributed by atoms with Crippen molar-refractivity contribution in [2.24, 2.45) is 0 Å². The van der Waals surface area contributed by atoms with Crippen LogP contribution in [-0.2, 0) is 10.5 Å². The lowest BCUT2D eigenvalue weighted by atomic mass is 10.1. The number of carbonyl (C=O) groups is 2. The molecular formula is C18H18O2S. The van der Waals surface area contributed by atoms with Gasteiger partial charge in [-0.05, 0) is 5.56 Å². The lowest BCUT2D eigenvalue weighted by Crippen LogP contribution is -2.08. The molecule has 2 nitrogen and oxygen atoms in total. The summed E-state index contributed by atoms with van der Waals surface area (Å²) in [5, 5.41) is 0. The Bertz CT molecular complexity index is 579. The Morgan fingerprint density at radius 3 is 2.14 bits per heavy atom. The molecule has 0 amide bonds. The number of rotatable bonds is 8. The molecule has 2 aromatic rings. The molecule has 0 aliphatic carbocycles. The topological polar surface area (TPSA) is 34.1 Å². The molecular weight excluding hydrogens is 280 g/mol. The van der Waals surface area contributed by atoms with Gasteiger partial charge in [0.05, 0.1) is 6.42 Å². The van der Waals surface area contributed by atoms with E-state index in [1.54, 1.807) is 23.9 Å². The lowest BCUT2D eigenvalue weighted by Gasteiger charge is -2.02. The number of ketones is 2. The summed E-state index contributed by atoms with van der Waals surface area (Å²) in [6.07, 6.45) is 0.464. The maximum Gasteiger partial charge on any atom is 0.170 e. The zero-order chi connectivity index (χ0) is 14.9. The van der Waals surface area contributed by atoms with Crippen molar-refractivity contribution in [3.63, 3.8) is 0 Å². The molecule has 0 unspecified atom stereocenters. The van der Waals surface area contributed by atoms with Gasteiger partial charge in [-0.25, -0.2) is 0 Å². The highest BCUT2D eigenvalue weighted by Gasteiger charge is 2.11. The van der Waals surface area contributed by atoms with Crippen LogP contribution in [0.5, 0.6) is 0 Å². The van der Waals surface area contributed by atoms with E-state index >= 15 is 0 Å². The van der Waals surface area contributed by atoms with E-state index in [0.29, 0.717) is 12.0 Å². The highest BCUT2D eigenvalue weighted by atomic mass is 32.2. The number of thioether (sulfide) groups is 1. The van der Waals surface area contributed by atoms with Gasteiger partial charge in [-0.2, -0.15) is 11.8 Å². The van der Waals surface area contributed by atoms with E-state index in [0.717, 1.165) is 11.5 Å². The molecule has 2 rings (SSSR count). The van der Waals surface area contributed by atoms with Crippen molar-refractivity contribution in [3.05, 3.63) is 71.8 Å². The highest BCUT2D eigenvalue weighted by Crippen LogP contribution is 2.13. The Hall–Kier alpha value is -1.87. The second-order valence-electron chi connectivity index (χ2n) is 4.79. The molecule has 0 aliphatic rings. The molecule has 21 heavy (non-hydrogen) atoms. The van der Waals surface area contributed by atoms with E-state index in [-0.39, 0.29) is 18.0 Å². The molecule has 0 heterocycles. The molecule has 0 atom stereocenters. The SMILES string of the molecule is O=C(CCSCc1ccccc1)CC(=O)c1ccccc1. The van der Waals surface area contributed by atoms with E-state index in [9.17, 15) is 9.59 Å². The van der Waals surface area contributed by atoms with Crippen molar-refractivity contribution < 1.29 is 9.59 Å². The zero-order valence-corrected chi connectivity index (χ0v) is 12.6. The molecule has 0 radical (unpaired) electrons. The number of hydrogen-bond acceptors (Lipinski definition) is 3. The van der Waals surface area contributed by atoms with Gasteiger partial charge >= 0.3 is 0 Å². The minimum absolute atomic E-state index is 0.00983. The molecule has 0 aromatic heterocycles. The van der Waals surface area contributed by atoms with E-state index in [4.69, 9.17) is 0 Å². The summed E-state index contributed by atoms with van der Waals surface area (Å²) in [6.45, 7) is 0. The van der Waals surface area contributed by atoms with Gasteiger partial charge in [0.15, 0.2) is 5.78 Å². The monoisotopic (exact) mass is 298 g/mol. The lowest BCUT2D eigenvalue weighted by molar-refractivity contribution is -0.117. The molecule has 0 saturated heterocycles. The molecule has 108 valence electrons. The first-order chi connectivity index (χ1) is 10.3. The Morgan fingerprint density at radius 2 is 1.48 bits per heavy atom. The molecule has 0 saturated carbocycles. The van der Waals surface area contributed by atoms with Crippen LogP contribution in [0.2, 0.25) is 0 Å². The van der Waals surface area contributed by atoms with Gasteiger partial charge in [-0.15, -0.1) is 0 Å². The largest absolute Gasteiger partial charge is 0.299 e. The molecule has 0 fully saturated rings. The van der Waals surface area contributed by atoms with Crippen molar-refractivity contribution in [1.29, 1.82) is 0 Å². The van der Waals surface area contributed by atoms with Crippen LogP contribution in [0.4, 0.5) is 0 Å². The van der Waals surface area contributed by atoms with Crippen LogP contribution in [0.3, 0.4) is 0 Å². The Balaban J connectivity index is 1.67. The van der Waals surface area contributed by atoms with Gasteiger partial charge in [-0.3, -0.25) is 9.59 Å². The highest BCUT2D eigenvalue weighted by molar-refractivity contribution is 7.98. The average Bonchev–Trinajstić information content (AvgIpc) is 2.53. The minimum atomic E-state index is -0.0892. The predicted molar refractivity (Wildman–Crippen MR) is 87.6 cm³/mol.